The standard InChI is InChI=1S/C10H14N2/c1-7-3-2-4-9-8(7)5-6-10(9)12-11/h2-4,10,12H,5-6,11H2,1H3. The van der Waals surface area contributed by atoms with Gasteiger partial charge in [0.2, 0.25) is 0 Å². The Balaban J connectivity index is 2.46. The lowest BCUT2D eigenvalue weighted by atomic mass is 10.0. The molecule has 2 nitrogen and oxygen atoms in total. The molecule has 2 rings (SSSR count). The van der Waals surface area contributed by atoms with Crippen LogP contribution in [-0.2, 0) is 6.42 Å². The molecule has 1 aromatic rings. The molecule has 64 valence electrons. The summed E-state index contributed by atoms with van der Waals surface area (Å²) in [5, 5.41) is 0. The minimum Gasteiger partial charge on any atom is -0.271 e. The fourth-order valence-electron chi connectivity index (χ4n) is 2.01. The van der Waals surface area contributed by atoms with Gasteiger partial charge in [0.15, 0.2) is 0 Å². The molecule has 1 atom stereocenters. The van der Waals surface area contributed by atoms with Gasteiger partial charge in [0.05, 0.1) is 0 Å². The Labute approximate surface area is 72.7 Å². The van der Waals surface area contributed by atoms with E-state index >= 15 is 0 Å². The quantitative estimate of drug-likeness (QED) is 0.484. The molecule has 0 amide bonds. The summed E-state index contributed by atoms with van der Waals surface area (Å²) >= 11 is 0. The Bertz CT molecular complexity index is 294. The van der Waals surface area contributed by atoms with Crippen molar-refractivity contribution in [2.24, 2.45) is 5.84 Å². The highest BCUT2D eigenvalue weighted by Crippen LogP contribution is 2.32. The molecule has 0 radical (unpaired) electrons. The van der Waals surface area contributed by atoms with E-state index in [1.807, 2.05) is 0 Å². The molecule has 1 aliphatic carbocycles. The second-order valence-electron chi connectivity index (χ2n) is 3.40. The molecular weight excluding hydrogens is 148 g/mol. The number of hydrogen-bond acceptors (Lipinski definition) is 2. The van der Waals surface area contributed by atoms with Gasteiger partial charge in [0, 0.05) is 6.04 Å². The van der Waals surface area contributed by atoms with Gasteiger partial charge >= 0.3 is 0 Å². The van der Waals surface area contributed by atoms with Gasteiger partial charge in [-0.1, -0.05) is 18.2 Å². The van der Waals surface area contributed by atoms with E-state index in [0.717, 1.165) is 12.8 Å². The summed E-state index contributed by atoms with van der Waals surface area (Å²) < 4.78 is 0. The van der Waals surface area contributed by atoms with Crippen LogP contribution < -0.4 is 11.3 Å². The summed E-state index contributed by atoms with van der Waals surface area (Å²) in [7, 11) is 0. The highest BCUT2D eigenvalue weighted by Gasteiger charge is 2.21. The van der Waals surface area contributed by atoms with Crippen LogP contribution in [0, 0.1) is 6.92 Å². The molecule has 2 heteroatoms. The maximum absolute atomic E-state index is 5.45. The average Bonchev–Trinajstić information content (AvgIpc) is 2.49. The molecular formula is C10H14N2. The van der Waals surface area contributed by atoms with Crippen molar-refractivity contribution in [3.05, 3.63) is 34.9 Å². The normalized spacial score (nSPS) is 21.0. The number of hydrogen-bond donors (Lipinski definition) is 2. The van der Waals surface area contributed by atoms with E-state index in [1.165, 1.54) is 16.7 Å². The van der Waals surface area contributed by atoms with Crippen LogP contribution in [0.1, 0.15) is 29.2 Å². The first-order valence-corrected chi connectivity index (χ1v) is 4.37. The summed E-state index contributed by atoms with van der Waals surface area (Å²) in [6.45, 7) is 2.16. The van der Waals surface area contributed by atoms with Gasteiger partial charge in [0.25, 0.3) is 0 Å². The van der Waals surface area contributed by atoms with Crippen molar-refractivity contribution in [2.75, 3.05) is 0 Å². The molecule has 0 aliphatic heterocycles. The van der Waals surface area contributed by atoms with Crippen LogP contribution >= 0.6 is 0 Å². The first-order valence-electron chi connectivity index (χ1n) is 4.37. The van der Waals surface area contributed by atoms with Crippen LogP contribution in [0.5, 0.6) is 0 Å². The molecule has 1 unspecified atom stereocenters. The maximum Gasteiger partial charge on any atom is 0.0466 e. The summed E-state index contributed by atoms with van der Waals surface area (Å²) in [5.74, 6) is 5.45. The number of hydrazine groups is 1. The van der Waals surface area contributed by atoms with Crippen LogP contribution in [0.3, 0.4) is 0 Å². The predicted octanol–water partition coefficient (Wildman–Crippen LogP) is 1.45. The van der Waals surface area contributed by atoms with E-state index in [0.29, 0.717) is 6.04 Å². The molecule has 0 heterocycles. The Morgan fingerprint density at radius 3 is 3.08 bits per heavy atom. The SMILES string of the molecule is Cc1cccc2c1CCC2NN. The highest BCUT2D eigenvalue weighted by molar-refractivity contribution is 5.39. The van der Waals surface area contributed by atoms with Gasteiger partial charge < -0.3 is 0 Å². The van der Waals surface area contributed by atoms with Gasteiger partial charge in [-0.2, -0.15) is 0 Å². The first-order chi connectivity index (χ1) is 5.83. The van der Waals surface area contributed by atoms with E-state index < -0.39 is 0 Å². The second-order valence-corrected chi connectivity index (χ2v) is 3.40. The monoisotopic (exact) mass is 162 g/mol. The number of nitrogens with two attached hydrogens (primary N) is 1. The minimum absolute atomic E-state index is 0.375. The number of fused-ring (bicyclic) bond motifs is 1. The van der Waals surface area contributed by atoms with Crippen molar-refractivity contribution in [3.8, 4) is 0 Å². The molecule has 1 aliphatic rings. The maximum atomic E-state index is 5.45. The topological polar surface area (TPSA) is 38.0 Å². The van der Waals surface area contributed by atoms with Crippen molar-refractivity contribution >= 4 is 0 Å². The summed E-state index contributed by atoms with van der Waals surface area (Å²) in [4.78, 5) is 0. The fourth-order valence-corrected chi connectivity index (χ4v) is 2.01. The van der Waals surface area contributed by atoms with Gasteiger partial charge in [-0.15, -0.1) is 0 Å². The Hall–Kier alpha value is -0.860. The average molecular weight is 162 g/mol. The van der Waals surface area contributed by atoms with Crippen LogP contribution in [0.25, 0.3) is 0 Å². The number of benzene rings is 1. The Kier molecular flexibility index (Phi) is 1.87. The number of aryl methyl sites for hydroxylation is 1. The fraction of sp³-hybridized carbons (Fsp3) is 0.400. The van der Waals surface area contributed by atoms with E-state index in [4.69, 9.17) is 5.84 Å². The summed E-state index contributed by atoms with van der Waals surface area (Å²) in [5.41, 5.74) is 7.11. The Morgan fingerprint density at radius 1 is 1.50 bits per heavy atom. The lowest BCUT2D eigenvalue weighted by Crippen LogP contribution is -2.26. The van der Waals surface area contributed by atoms with E-state index in [9.17, 15) is 0 Å². The molecule has 3 N–H and O–H groups in total. The third kappa shape index (κ3) is 1.04. The third-order valence-electron chi connectivity index (χ3n) is 2.71. The van der Waals surface area contributed by atoms with Crippen LogP contribution in [0.15, 0.2) is 18.2 Å². The zero-order valence-electron chi connectivity index (χ0n) is 7.30. The van der Waals surface area contributed by atoms with Crippen molar-refractivity contribution in [2.45, 2.75) is 25.8 Å². The summed E-state index contributed by atoms with van der Waals surface area (Å²) in [6, 6.07) is 6.81. The van der Waals surface area contributed by atoms with Gasteiger partial charge in [-0.25, -0.2) is 0 Å². The molecule has 0 saturated carbocycles. The zero-order chi connectivity index (χ0) is 8.55. The third-order valence-corrected chi connectivity index (χ3v) is 2.71. The van der Waals surface area contributed by atoms with Gasteiger partial charge in [0.1, 0.15) is 0 Å². The smallest absolute Gasteiger partial charge is 0.0466 e. The minimum atomic E-state index is 0.375. The predicted molar refractivity (Wildman–Crippen MR) is 49.6 cm³/mol. The van der Waals surface area contributed by atoms with Crippen molar-refractivity contribution < 1.29 is 0 Å². The Morgan fingerprint density at radius 2 is 2.33 bits per heavy atom. The molecule has 12 heavy (non-hydrogen) atoms. The van der Waals surface area contributed by atoms with Crippen molar-refractivity contribution in [3.63, 3.8) is 0 Å². The second kappa shape index (κ2) is 2.88. The van der Waals surface area contributed by atoms with Gasteiger partial charge in [-0.05, 0) is 36.5 Å². The molecule has 0 spiro atoms. The van der Waals surface area contributed by atoms with Crippen LogP contribution in [-0.4, -0.2) is 0 Å². The molecule has 0 fully saturated rings. The van der Waals surface area contributed by atoms with Gasteiger partial charge in [-0.3, -0.25) is 11.3 Å². The highest BCUT2D eigenvalue weighted by atomic mass is 15.2. The number of rotatable bonds is 1. The molecule has 0 saturated heterocycles. The largest absolute Gasteiger partial charge is 0.271 e. The molecule has 0 bridgehead atoms. The molecule has 1 aromatic carbocycles. The van der Waals surface area contributed by atoms with Crippen LogP contribution in [0.2, 0.25) is 0 Å². The lowest BCUT2D eigenvalue weighted by molar-refractivity contribution is 0.551. The van der Waals surface area contributed by atoms with Crippen LogP contribution in [0.4, 0.5) is 0 Å². The number of nitrogens with one attached hydrogen (secondary N) is 1. The van der Waals surface area contributed by atoms with Crippen molar-refractivity contribution in [1.82, 2.24) is 5.43 Å². The van der Waals surface area contributed by atoms with Crippen molar-refractivity contribution in [1.29, 1.82) is 0 Å². The lowest BCUT2D eigenvalue weighted by Gasteiger charge is -2.09. The molecule has 0 aromatic heterocycles. The van der Waals surface area contributed by atoms with E-state index in [-0.39, 0.29) is 0 Å². The van der Waals surface area contributed by atoms with E-state index in [1.54, 1.807) is 0 Å². The first kappa shape index (κ1) is 7.77. The summed E-state index contributed by atoms with van der Waals surface area (Å²) in [6.07, 6.45) is 2.30. The van der Waals surface area contributed by atoms with E-state index in [2.05, 4.69) is 30.5 Å². The zero-order valence-corrected chi connectivity index (χ0v) is 7.30.